The van der Waals surface area contributed by atoms with E-state index in [1.54, 1.807) is 0 Å². The third kappa shape index (κ3) is 3.06. The van der Waals surface area contributed by atoms with E-state index in [1.165, 1.54) is 47.7 Å². The Balaban J connectivity index is 1.43. The van der Waals surface area contributed by atoms with Crippen LogP contribution in [0.5, 0.6) is 0 Å². The molecule has 1 amide bonds. The lowest BCUT2D eigenvalue weighted by Crippen LogP contribution is -2.52. The van der Waals surface area contributed by atoms with Gasteiger partial charge in [0.05, 0.1) is 0 Å². The van der Waals surface area contributed by atoms with E-state index < -0.39 is 0 Å². The Bertz CT molecular complexity index is 1050. The molecule has 2 bridgehead atoms. The summed E-state index contributed by atoms with van der Waals surface area (Å²) < 4.78 is 0. The molecule has 2 aromatic carbocycles. The number of carbonyl (C=O) groups is 1. The van der Waals surface area contributed by atoms with Crippen molar-refractivity contribution in [2.24, 2.45) is 5.73 Å². The predicted molar refractivity (Wildman–Crippen MR) is 117 cm³/mol. The molecule has 5 rings (SSSR count). The van der Waals surface area contributed by atoms with E-state index in [9.17, 15) is 4.79 Å². The van der Waals surface area contributed by atoms with Gasteiger partial charge in [-0.1, -0.05) is 36.8 Å². The first-order valence-corrected chi connectivity index (χ1v) is 10.8. The predicted octanol–water partition coefficient (Wildman–Crippen LogP) is 4.91. The third-order valence-electron chi connectivity index (χ3n) is 7.46. The fourth-order valence-corrected chi connectivity index (χ4v) is 5.90. The van der Waals surface area contributed by atoms with Gasteiger partial charge in [0.25, 0.3) is 0 Å². The topological polar surface area (TPSA) is 62.1 Å². The maximum absolute atomic E-state index is 11.7. The van der Waals surface area contributed by atoms with Gasteiger partial charge in [-0.3, -0.25) is 9.69 Å². The number of piperidine rings is 1. The van der Waals surface area contributed by atoms with Crippen molar-refractivity contribution in [2.75, 3.05) is 6.54 Å². The summed E-state index contributed by atoms with van der Waals surface area (Å²) in [6.45, 7) is 3.44. The van der Waals surface area contributed by atoms with Crippen molar-refractivity contribution >= 4 is 16.8 Å². The molecule has 2 heterocycles. The Morgan fingerprint density at radius 3 is 2.93 bits per heavy atom. The molecule has 3 N–H and O–H groups in total. The molecule has 3 unspecified atom stereocenters. The zero-order valence-corrected chi connectivity index (χ0v) is 17.0. The Labute approximate surface area is 172 Å². The summed E-state index contributed by atoms with van der Waals surface area (Å²) in [5.41, 5.74) is 10.3. The summed E-state index contributed by atoms with van der Waals surface area (Å²) in [7, 11) is 0. The lowest BCUT2D eigenvalue weighted by atomic mass is 9.63. The van der Waals surface area contributed by atoms with Gasteiger partial charge in [-0.25, -0.2) is 0 Å². The second kappa shape index (κ2) is 7.03. The fraction of sp³-hybridized carbons (Fsp3) is 0.400. The summed E-state index contributed by atoms with van der Waals surface area (Å²) in [6.07, 6.45) is 8.20. The van der Waals surface area contributed by atoms with E-state index in [0.717, 1.165) is 13.0 Å². The molecular formula is C25H29N3O. The molecule has 2 fully saturated rings. The Morgan fingerprint density at radius 1 is 1.21 bits per heavy atom. The van der Waals surface area contributed by atoms with Crippen LogP contribution in [0.3, 0.4) is 0 Å². The minimum absolute atomic E-state index is 0.185. The normalized spacial score (nSPS) is 25.8. The lowest BCUT2D eigenvalue weighted by molar-refractivity contribution is 0.0246. The second-order valence-electron chi connectivity index (χ2n) is 8.93. The van der Waals surface area contributed by atoms with E-state index >= 15 is 0 Å². The van der Waals surface area contributed by atoms with E-state index in [-0.39, 0.29) is 11.3 Å². The number of fused-ring (bicyclic) bond motifs is 3. The van der Waals surface area contributed by atoms with Crippen LogP contribution in [0.4, 0.5) is 0 Å². The number of H-pyrrole nitrogens is 1. The lowest BCUT2D eigenvalue weighted by Gasteiger charge is -2.52. The summed E-state index contributed by atoms with van der Waals surface area (Å²) in [5.74, 6) is -0.332. The molecule has 1 saturated heterocycles. The molecule has 0 radical (unpaired) electrons. The number of carbonyl (C=O) groups excluding carboxylic acids is 1. The molecule has 4 nitrogen and oxygen atoms in total. The van der Waals surface area contributed by atoms with Crippen LogP contribution in [-0.2, 0) is 5.41 Å². The SMILES string of the molecule is CC(c1c[nH]c2ccccc12)N1CCC2(c3cccc(C(N)=O)c3)CCCC1C2. The molecule has 29 heavy (non-hydrogen) atoms. The Kier molecular flexibility index (Phi) is 4.47. The molecule has 4 heteroatoms. The van der Waals surface area contributed by atoms with Crippen LogP contribution in [-0.4, -0.2) is 28.4 Å². The monoisotopic (exact) mass is 387 g/mol. The summed E-state index contributed by atoms with van der Waals surface area (Å²) >= 11 is 0. The minimum Gasteiger partial charge on any atom is -0.366 e. The minimum atomic E-state index is -0.332. The Hall–Kier alpha value is -2.59. The number of amides is 1. The zero-order valence-electron chi connectivity index (χ0n) is 17.0. The maximum Gasteiger partial charge on any atom is 0.248 e. The molecule has 1 saturated carbocycles. The van der Waals surface area contributed by atoms with Gasteiger partial charge in [-0.05, 0) is 73.9 Å². The van der Waals surface area contributed by atoms with Gasteiger partial charge in [0.2, 0.25) is 5.91 Å². The molecule has 1 aliphatic heterocycles. The largest absolute Gasteiger partial charge is 0.366 e. The highest BCUT2D eigenvalue weighted by Crippen LogP contribution is 2.49. The third-order valence-corrected chi connectivity index (χ3v) is 7.46. The van der Waals surface area contributed by atoms with Crippen molar-refractivity contribution in [3.63, 3.8) is 0 Å². The van der Waals surface area contributed by atoms with Crippen molar-refractivity contribution < 1.29 is 4.79 Å². The van der Waals surface area contributed by atoms with Crippen LogP contribution in [0.15, 0.2) is 54.7 Å². The van der Waals surface area contributed by atoms with Crippen molar-refractivity contribution in [2.45, 2.75) is 56.5 Å². The number of benzene rings is 2. The van der Waals surface area contributed by atoms with Crippen LogP contribution >= 0.6 is 0 Å². The highest BCUT2D eigenvalue weighted by atomic mass is 16.1. The Morgan fingerprint density at radius 2 is 2.07 bits per heavy atom. The maximum atomic E-state index is 11.7. The standard InChI is InChI=1S/C25H29N3O/c1-17(22-16-27-23-10-3-2-9-21(22)23)28-13-12-25(11-5-8-20(28)15-25)19-7-4-6-18(14-19)24(26)29/h2-4,6-7,9-10,14,16-17,20,27H,5,8,11-13,15H2,1H3,(H2,26,29). The van der Waals surface area contributed by atoms with Gasteiger partial charge >= 0.3 is 0 Å². The van der Waals surface area contributed by atoms with Crippen LogP contribution < -0.4 is 5.73 Å². The van der Waals surface area contributed by atoms with Gasteiger partial charge in [-0.15, -0.1) is 0 Å². The van der Waals surface area contributed by atoms with E-state index in [1.807, 2.05) is 18.2 Å². The quantitative estimate of drug-likeness (QED) is 0.668. The van der Waals surface area contributed by atoms with E-state index in [0.29, 0.717) is 17.6 Å². The van der Waals surface area contributed by atoms with E-state index in [2.05, 4.69) is 53.3 Å². The highest BCUT2D eigenvalue weighted by Gasteiger charge is 2.45. The smallest absolute Gasteiger partial charge is 0.248 e. The number of aromatic amines is 1. The number of hydrogen-bond acceptors (Lipinski definition) is 2. The number of hydrogen-bond donors (Lipinski definition) is 2. The first-order valence-electron chi connectivity index (χ1n) is 10.8. The van der Waals surface area contributed by atoms with Crippen molar-refractivity contribution in [1.29, 1.82) is 0 Å². The number of nitrogens with two attached hydrogens (primary N) is 1. The van der Waals surface area contributed by atoms with Crippen LogP contribution in [0.2, 0.25) is 0 Å². The van der Waals surface area contributed by atoms with E-state index in [4.69, 9.17) is 5.73 Å². The van der Waals surface area contributed by atoms with Crippen molar-refractivity contribution in [3.8, 4) is 0 Å². The number of nitrogens with one attached hydrogen (secondary N) is 1. The highest BCUT2D eigenvalue weighted by molar-refractivity contribution is 5.93. The van der Waals surface area contributed by atoms with Gasteiger partial charge in [0.15, 0.2) is 0 Å². The van der Waals surface area contributed by atoms with Gasteiger partial charge in [0.1, 0.15) is 0 Å². The van der Waals surface area contributed by atoms with Gasteiger partial charge < -0.3 is 10.7 Å². The second-order valence-corrected chi connectivity index (χ2v) is 8.93. The summed E-state index contributed by atoms with van der Waals surface area (Å²) in [5, 5.41) is 1.34. The fourth-order valence-electron chi connectivity index (χ4n) is 5.90. The van der Waals surface area contributed by atoms with Crippen molar-refractivity contribution in [3.05, 3.63) is 71.4 Å². The molecule has 1 aromatic heterocycles. The number of para-hydroxylation sites is 1. The molecule has 3 aromatic rings. The van der Waals surface area contributed by atoms with Gasteiger partial charge in [-0.2, -0.15) is 0 Å². The molecule has 150 valence electrons. The first kappa shape index (κ1) is 18.4. The van der Waals surface area contributed by atoms with Gasteiger partial charge in [0, 0.05) is 34.7 Å². The average molecular weight is 388 g/mol. The summed E-state index contributed by atoms with van der Waals surface area (Å²) in [4.78, 5) is 17.9. The summed E-state index contributed by atoms with van der Waals surface area (Å²) in [6, 6.07) is 17.6. The average Bonchev–Trinajstić information content (AvgIpc) is 3.18. The number of aromatic nitrogens is 1. The number of nitrogens with zero attached hydrogens (tertiary/aromatic N) is 1. The zero-order chi connectivity index (χ0) is 20.0. The molecule has 1 aliphatic carbocycles. The van der Waals surface area contributed by atoms with Crippen molar-refractivity contribution in [1.82, 2.24) is 9.88 Å². The van der Waals surface area contributed by atoms with Crippen LogP contribution in [0, 0.1) is 0 Å². The van der Waals surface area contributed by atoms with Crippen LogP contribution in [0.1, 0.15) is 66.6 Å². The molecule has 2 aliphatic rings. The first-order chi connectivity index (χ1) is 14.1. The van der Waals surface area contributed by atoms with Crippen LogP contribution in [0.25, 0.3) is 10.9 Å². The number of primary amides is 1. The molecular weight excluding hydrogens is 358 g/mol. The number of rotatable bonds is 4. The number of likely N-dealkylation sites (tertiary alicyclic amines) is 1. The molecule has 0 spiro atoms. The molecule has 3 atom stereocenters.